The largest absolute Gasteiger partial charge is 0.348 e. The predicted octanol–water partition coefficient (Wildman–Crippen LogP) is 2.41. The number of aromatic amines is 1. The molecule has 0 radical (unpaired) electrons. The molecule has 1 N–H and O–H groups in total. The molecule has 0 fully saturated rings. The summed E-state index contributed by atoms with van der Waals surface area (Å²) in [6, 6.07) is -2.34. The van der Waals surface area contributed by atoms with Crippen LogP contribution in [0.4, 0.5) is 0 Å². The number of fused-ring (bicyclic) bond motifs is 3. The molecule has 0 bridgehead atoms. The standard InChI is InChI=1S/C17H18N4O/c1-11-13(19-10-18-11)9-21-8-7-15-16(17(21)22)12-5-3-4-6-14(12)20(15)2/h3-6,10H,7-9H2,1-2H3,(H,18,19)/i1D3,3D,4D,5D,6D,7D2,8D2,10D. The Labute approximate surface area is 145 Å². The molecule has 5 nitrogen and oxygen atoms in total. The van der Waals surface area contributed by atoms with Crippen LogP contribution in [0.2, 0.25) is 0 Å². The van der Waals surface area contributed by atoms with Crippen molar-refractivity contribution in [3.8, 4) is 0 Å². The molecule has 1 amide bonds. The third-order valence-corrected chi connectivity index (χ3v) is 3.56. The molecule has 0 atom stereocenters. The number of imidazole rings is 1. The fourth-order valence-electron chi connectivity index (χ4n) is 2.45. The zero-order valence-electron chi connectivity index (χ0n) is 23.5. The summed E-state index contributed by atoms with van der Waals surface area (Å²) in [5, 5.41) is -0.267. The van der Waals surface area contributed by atoms with E-state index in [1.54, 1.807) is 0 Å². The number of aryl methyl sites for hydroxylation is 2. The molecule has 3 aromatic rings. The molecule has 0 saturated carbocycles. The Balaban J connectivity index is 2.03. The number of amides is 1. The van der Waals surface area contributed by atoms with Gasteiger partial charge < -0.3 is 14.5 Å². The van der Waals surface area contributed by atoms with Crippen LogP contribution < -0.4 is 0 Å². The first kappa shape index (κ1) is 5.57. The van der Waals surface area contributed by atoms with Crippen molar-refractivity contribution in [2.24, 2.45) is 7.05 Å². The summed E-state index contributed by atoms with van der Waals surface area (Å²) in [4.78, 5) is 20.0. The van der Waals surface area contributed by atoms with Crippen LogP contribution in [0.5, 0.6) is 0 Å². The van der Waals surface area contributed by atoms with Crippen LogP contribution in [-0.4, -0.2) is 31.8 Å². The number of carbonyl (C=O) groups excluding carboxylic acids is 1. The molecule has 1 aliphatic heterocycles. The predicted molar refractivity (Wildman–Crippen MR) is 84.7 cm³/mol. The Morgan fingerprint density at radius 2 is 2.36 bits per heavy atom. The van der Waals surface area contributed by atoms with E-state index in [-0.39, 0.29) is 16.6 Å². The molecular weight excluding hydrogens is 276 g/mol. The van der Waals surface area contributed by atoms with Crippen LogP contribution in [0.3, 0.4) is 0 Å². The van der Waals surface area contributed by atoms with E-state index in [4.69, 9.17) is 16.4 Å². The van der Waals surface area contributed by atoms with Gasteiger partial charge >= 0.3 is 0 Å². The van der Waals surface area contributed by atoms with Gasteiger partial charge in [-0.3, -0.25) is 4.79 Å². The number of carbonyl (C=O) groups is 1. The lowest BCUT2D eigenvalue weighted by atomic mass is 10.0. The van der Waals surface area contributed by atoms with Gasteiger partial charge in [0.05, 0.1) is 29.6 Å². The molecule has 0 aliphatic carbocycles. The molecule has 5 heteroatoms. The van der Waals surface area contributed by atoms with Crippen molar-refractivity contribution in [2.75, 3.05) is 6.50 Å². The van der Waals surface area contributed by atoms with Gasteiger partial charge in [0, 0.05) is 51.8 Å². The summed E-state index contributed by atoms with van der Waals surface area (Å²) in [5.74, 6) is -1.10. The SMILES string of the molecule is [2H]c1nc(CN2C(=O)c3c(n(C)c4c([2H])c([2H])c([2H])c([2H])c34)C([2H])([2H])C2([2H])[2H])c(C([2H])([2H])[2H])[nH]1. The van der Waals surface area contributed by atoms with E-state index in [0.717, 1.165) is 4.57 Å². The van der Waals surface area contributed by atoms with Crippen molar-refractivity contribution >= 4 is 16.8 Å². The minimum atomic E-state index is -3.04. The first-order valence-corrected chi connectivity index (χ1v) is 6.41. The van der Waals surface area contributed by atoms with Crippen LogP contribution in [0.15, 0.2) is 30.5 Å². The minimum Gasteiger partial charge on any atom is -0.348 e. The van der Waals surface area contributed by atoms with E-state index in [9.17, 15) is 4.79 Å². The third kappa shape index (κ3) is 1.78. The lowest BCUT2D eigenvalue weighted by molar-refractivity contribution is 0.0725. The average Bonchev–Trinajstić information content (AvgIpc) is 3.24. The summed E-state index contributed by atoms with van der Waals surface area (Å²) in [7, 11) is 1.28. The van der Waals surface area contributed by atoms with E-state index >= 15 is 0 Å². The van der Waals surface area contributed by atoms with Gasteiger partial charge in [0.1, 0.15) is 1.37 Å². The molecule has 1 aromatic carbocycles. The first-order chi connectivity index (χ1) is 15.4. The second-order valence-electron chi connectivity index (χ2n) is 4.80. The number of para-hydroxylation sites is 1. The number of benzene rings is 1. The summed E-state index contributed by atoms with van der Waals surface area (Å²) in [6.45, 7) is -6.60. The molecule has 112 valence electrons. The zero-order chi connectivity index (χ0) is 25.7. The number of hydrogen-bond acceptors (Lipinski definition) is 2. The molecule has 0 unspecified atom stereocenters. The smallest absolute Gasteiger partial charge is 0.256 e. The fraction of sp³-hybridized carbons (Fsp3) is 0.294. The number of nitrogens with one attached hydrogen (secondary N) is 1. The molecule has 4 rings (SSSR count). The molecule has 2 aromatic heterocycles. The highest BCUT2D eigenvalue weighted by Crippen LogP contribution is 2.30. The van der Waals surface area contributed by atoms with Crippen molar-refractivity contribution < 1.29 is 21.2 Å². The average molecular weight is 306 g/mol. The molecule has 0 saturated heterocycles. The Morgan fingerprint density at radius 1 is 1.50 bits per heavy atom. The van der Waals surface area contributed by atoms with Gasteiger partial charge in [0.25, 0.3) is 5.91 Å². The molecule has 0 spiro atoms. The zero-order valence-corrected chi connectivity index (χ0v) is 11.5. The quantitative estimate of drug-likeness (QED) is 0.790. The number of hydrogen-bond donors (Lipinski definition) is 1. The van der Waals surface area contributed by atoms with Gasteiger partial charge in [0.15, 0.2) is 0 Å². The lowest BCUT2D eigenvalue weighted by Crippen LogP contribution is -2.37. The highest BCUT2D eigenvalue weighted by Gasteiger charge is 2.30. The highest BCUT2D eigenvalue weighted by molar-refractivity contribution is 6.09. The van der Waals surface area contributed by atoms with Gasteiger partial charge in [-0.2, -0.15) is 0 Å². The Morgan fingerprint density at radius 3 is 3.23 bits per heavy atom. The van der Waals surface area contributed by atoms with Crippen molar-refractivity contribution in [2.45, 2.75) is 19.8 Å². The van der Waals surface area contributed by atoms with Crippen LogP contribution in [0, 0.1) is 6.85 Å². The maximum absolute atomic E-state index is 13.6. The molecular formula is C17H18N4O. The maximum atomic E-state index is 13.6. The first-order valence-electron chi connectivity index (χ1n) is 12.4. The number of rotatable bonds is 2. The lowest BCUT2D eigenvalue weighted by Gasteiger charge is -2.27. The Hall–Kier alpha value is -2.56. The topological polar surface area (TPSA) is 53.9 Å². The van der Waals surface area contributed by atoms with Crippen LogP contribution in [-0.2, 0) is 20.0 Å². The van der Waals surface area contributed by atoms with E-state index in [2.05, 4.69) is 9.97 Å². The van der Waals surface area contributed by atoms with E-state index < -0.39 is 79.6 Å². The van der Waals surface area contributed by atoms with Gasteiger partial charge in [-0.05, 0) is 12.9 Å². The van der Waals surface area contributed by atoms with Gasteiger partial charge in [-0.1, -0.05) is 18.1 Å². The summed E-state index contributed by atoms with van der Waals surface area (Å²) >= 11 is 0. The summed E-state index contributed by atoms with van der Waals surface area (Å²) < 4.78 is 98.1. The monoisotopic (exact) mass is 306 g/mol. The van der Waals surface area contributed by atoms with Crippen molar-refractivity contribution in [3.63, 3.8) is 0 Å². The molecule has 22 heavy (non-hydrogen) atoms. The van der Waals surface area contributed by atoms with E-state index in [1.807, 2.05) is 0 Å². The van der Waals surface area contributed by atoms with Crippen molar-refractivity contribution in [3.05, 3.63) is 53.1 Å². The second-order valence-corrected chi connectivity index (χ2v) is 4.80. The van der Waals surface area contributed by atoms with Gasteiger partial charge in [-0.25, -0.2) is 4.98 Å². The van der Waals surface area contributed by atoms with E-state index in [1.165, 1.54) is 7.05 Å². The molecule has 1 aliphatic rings. The normalized spacial score (nSPS) is 27.7. The number of H-pyrrole nitrogens is 1. The highest BCUT2D eigenvalue weighted by atomic mass is 16.2. The van der Waals surface area contributed by atoms with Crippen LogP contribution in [0.25, 0.3) is 10.9 Å². The van der Waals surface area contributed by atoms with Gasteiger partial charge in [-0.15, -0.1) is 0 Å². The summed E-state index contributed by atoms with van der Waals surface area (Å²) in [5.41, 5.74) is -1.90. The summed E-state index contributed by atoms with van der Waals surface area (Å²) in [6.07, 6.45) is -3.44. The van der Waals surface area contributed by atoms with Crippen molar-refractivity contribution in [1.82, 2.24) is 19.4 Å². The number of aromatic nitrogens is 3. The van der Waals surface area contributed by atoms with Gasteiger partial charge in [0.2, 0.25) is 0 Å². The maximum Gasteiger partial charge on any atom is 0.256 e. The van der Waals surface area contributed by atoms with Crippen LogP contribution in [0.1, 0.15) is 43.9 Å². The molecule has 3 heterocycles. The Kier molecular flexibility index (Phi) is 1.20. The number of nitrogens with zero attached hydrogens (tertiary/aromatic N) is 3. The minimum absolute atomic E-state index is 0.165. The van der Waals surface area contributed by atoms with Crippen LogP contribution >= 0.6 is 0 Å². The third-order valence-electron chi connectivity index (χ3n) is 3.56. The second kappa shape index (κ2) is 4.73. The Bertz CT molecular complexity index is 1370. The van der Waals surface area contributed by atoms with E-state index in [0.29, 0.717) is 4.90 Å². The fourth-order valence-corrected chi connectivity index (χ4v) is 2.45. The van der Waals surface area contributed by atoms with Crippen molar-refractivity contribution in [1.29, 1.82) is 0 Å².